The van der Waals surface area contributed by atoms with E-state index in [1.807, 2.05) is 18.9 Å². The van der Waals surface area contributed by atoms with Crippen LogP contribution in [0.3, 0.4) is 0 Å². The van der Waals surface area contributed by atoms with Gasteiger partial charge in [0.15, 0.2) is 5.82 Å². The van der Waals surface area contributed by atoms with Crippen LogP contribution in [0, 0.1) is 0 Å². The Balaban J connectivity index is 2.58. The average Bonchev–Trinajstić information content (AvgIpc) is 2.37. The fourth-order valence-corrected chi connectivity index (χ4v) is 1.51. The maximum Gasteiger partial charge on any atom is 0.234 e. The van der Waals surface area contributed by atoms with E-state index >= 15 is 0 Å². The topological polar surface area (TPSA) is 73.5 Å². The van der Waals surface area contributed by atoms with Crippen molar-refractivity contribution >= 4 is 5.82 Å². The number of likely N-dealkylation sites (N-methyl/N-ethyl adjacent to an activating group) is 1. The van der Waals surface area contributed by atoms with Crippen LogP contribution in [0.5, 0.6) is 5.88 Å². The third-order valence-electron chi connectivity index (χ3n) is 2.33. The van der Waals surface area contributed by atoms with Gasteiger partial charge in [-0.05, 0) is 6.42 Å². The fraction of sp³-hybridized carbons (Fsp3) is 0.667. The smallest absolute Gasteiger partial charge is 0.234 e. The van der Waals surface area contributed by atoms with Crippen molar-refractivity contribution in [1.29, 1.82) is 0 Å². The van der Waals surface area contributed by atoms with Gasteiger partial charge in [0, 0.05) is 26.7 Å². The lowest BCUT2D eigenvalue weighted by Crippen LogP contribution is -2.38. The highest BCUT2D eigenvalue weighted by atomic mass is 16.5. The number of hydrogen-bond donors (Lipinski definition) is 1. The summed E-state index contributed by atoms with van der Waals surface area (Å²) in [6, 6.07) is -0.0537. The monoisotopic (exact) mass is 254 g/mol. The van der Waals surface area contributed by atoms with Crippen molar-refractivity contribution in [2.45, 2.75) is 19.4 Å². The molecule has 0 spiro atoms. The first-order valence-corrected chi connectivity index (χ1v) is 6.07. The molecule has 0 amide bonds. The first-order valence-electron chi connectivity index (χ1n) is 6.07. The number of nitrogens with zero attached hydrogens (tertiary/aromatic N) is 3. The molecular formula is C12H22N4O2. The van der Waals surface area contributed by atoms with E-state index in [-0.39, 0.29) is 6.04 Å². The van der Waals surface area contributed by atoms with Crippen LogP contribution in [0.15, 0.2) is 12.4 Å². The Morgan fingerprint density at radius 2 is 2.22 bits per heavy atom. The van der Waals surface area contributed by atoms with Crippen LogP contribution in [-0.4, -0.2) is 49.9 Å². The SMILES string of the molecule is CCCOc1cncc(N(C)CC(N)COC)n1. The predicted octanol–water partition coefficient (Wildman–Crippen LogP) is 0.675. The minimum Gasteiger partial charge on any atom is -0.477 e. The molecular weight excluding hydrogens is 232 g/mol. The lowest BCUT2D eigenvalue weighted by Gasteiger charge is -2.21. The summed E-state index contributed by atoms with van der Waals surface area (Å²) in [5.41, 5.74) is 5.89. The molecule has 0 saturated heterocycles. The molecule has 0 aromatic carbocycles. The maximum absolute atomic E-state index is 5.89. The molecule has 1 aromatic rings. The zero-order chi connectivity index (χ0) is 13.4. The molecule has 2 N–H and O–H groups in total. The second-order valence-electron chi connectivity index (χ2n) is 4.16. The lowest BCUT2D eigenvalue weighted by molar-refractivity contribution is 0.181. The largest absolute Gasteiger partial charge is 0.477 e. The summed E-state index contributed by atoms with van der Waals surface area (Å²) in [5.74, 6) is 1.29. The van der Waals surface area contributed by atoms with Gasteiger partial charge < -0.3 is 20.1 Å². The zero-order valence-electron chi connectivity index (χ0n) is 11.3. The molecule has 0 aliphatic carbocycles. The Labute approximate surface area is 108 Å². The van der Waals surface area contributed by atoms with Gasteiger partial charge in [-0.15, -0.1) is 0 Å². The van der Waals surface area contributed by atoms with Crippen LogP contribution in [0.2, 0.25) is 0 Å². The summed E-state index contributed by atoms with van der Waals surface area (Å²) in [4.78, 5) is 10.4. The fourth-order valence-electron chi connectivity index (χ4n) is 1.51. The molecule has 1 heterocycles. The molecule has 0 saturated carbocycles. The van der Waals surface area contributed by atoms with Gasteiger partial charge >= 0.3 is 0 Å². The van der Waals surface area contributed by atoms with E-state index in [0.29, 0.717) is 25.6 Å². The standard InChI is InChI=1S/C12H22N4O2/c1-4-5-18-12-7-14-6-11(15-12)16(2)8-10(13)9-17-3/h6-7,10H,4-5,8-9,13H2,1-3H3. The van der Waals surface area contributed by atoms with Gasteiger partial charge in [0.05, 0.1) is 25.6 Å². The third kappa shape index (κ3) is 4.85. The predicted molar refractivity (Wildman–Crippen MR) is 70.9 cm³/mol. The Hall–Kier alpha value is -1.40. The summed E-state index contributed by atoms with van der Waals surface area (Å²) in [7, 11) is 3.56. The van der Waals surface area contributed by atoms with Gasteiger partial charge in [0.2, 0.25) is 5.88 Å². The van der Waals surface area contributed by atoms with Crippen LogP contribution in [-0.2, 0) is 4.74 Å². The summed E-state index contributed by atoms with van der Waals surface area (Å²) >= 11 is 0. The zero-order valence-corrected chi connectivity index (χ0v) is 11.3. The molecule has 0 aliphatic heterocycles. The average molecular weight is 254 g/mol. The minimum atomic E-state index is -0.0537. The van der Waals surface area contributed by atoms with E-state index in [1.54, 1.807) is 19.5 Å². The van der Waals surface area contributed by atoms with Crippen LogP contribution >= 0.6 is 0 Å². The van der Waals surface area contributed by atoms with Crippen molar-refractivity contribution in [2.75, 3.05) is 38.8 Å². The number of hydrogen-bond acceptors (Lipinski definition) is 6. The summed E-state index contributed by atoms with van der Waals surface area (Å²) in [6.07, 6.45) is 4.25. The molecule has 0 fully saturated rings. The van der Waals surface area contributed by atoms with E-state index in [2.05, 4.69) is 9.97 Å². The summed E-state index contributed by atoms with van der Waals surface area (Å²) in [5, 5.41) is 0. The van der Waals surface area contributed by atoms with E-state index < -0.39 is 0 Å². The van der Waals surface area contributed by atoms with Crippen molar-refractivity contribution < 1.29 is 9.47 Å². The Morgan fingerprint density at radius 1 is 1.44 bits per heavy atom. The van der Waals surface area contributed by atoms with E-state index in [9.17, 15) is 0 Å². The summed E-state index contributed by atoms with van der Waals surface area (Å²) in [6.45, 7) is 3.86. The Bertz CT molecular complexity index is 349. The van der Waals surface area contributed by atoms with Crippen LogP contribution in [0.1, 0.15) is 13.3 Å². The second kappa shape index (κ2) is 7.84. The highest BCUT2D eigenvalue weighted by Gasteiger charge is 2.09. The van der Waals surface area contributed by atoms with Gasteiger partial charge in [0.1, 0.15) is 0 Å². The highest BCUT2D eigenvalue weighted by molar-refractivity contribution is 5.36. The first-order chi connectivity index (χ1) is 8.67. The third-order valence-corrected chi connectivity index (χ3v) is 2.33. The molecule has 18 heavy (non-hydrogen) atoms. The van der Waals surface area contributed by atoms with Crippen molar-refractivity contribution in [3.05, 3.63) is 12.4 Å². The van der Waals surface area contributed by atoms with Gasteiger partial charge in [-0.25, -0.2) is 0 Å². The van der Waals surface area contributed by atoms with Crippen molar-refractivity contribution in [3.8, 4) is 5.88 Å². The van der Waals surface area contributed by atoms with E-state index in [1.165, 1.54) is 0 Å². The number of rotatable bonds is 8. The number of nitrogens with two attached hydrogens (primary N) is 1. The molecule has 1 aromatic heterocycles. The molecule has 102 valence electrons. The first kappa shape index (κ1) is 14.7. The van der Waals surface area contributed by atoms with Gasteiger partial charge in [-0.1, -0.05) is 6.92 Å². The minimum absolute atomic E-state index is 0.0537. The maximum atomic E-state index is 5.89. The number of anilines is 1. The molecule has 1 atom stereocenters. The van der Waals surface area contributed by atoms with Crippen LogP contribution < -0.4 is 15.4 Å². The number of aromatic nitrogens is 2. The number of methoxy groups -OCH3 is 1. The normalized spacial score (nSPS) is 12.2. The van der Waals surface area contributed by atoms with E-state index in [0.717, 1.165) is 12.2 Å². The van der Waals surface area contributed by atoms with Gasteiger partial charge in [-0.2, -0.15) is 4.98 Å². The van der Waals surface area contributed by atoms with E-state index in [4.69, 9.17) is 15.2 Å². The van der Waals surface area contributed by atoms with Crippen molar-refractivity contribution in [2.24, 2.45) is 5.73 Å². The van der Waals surface area contributed by atoms with Crippen molar-refractivity contribution in [1.82, 2.24) is 9.97 Å². The molecule has 0 bridgehead atoms. The molecule has 1 rings (SSSR count). The van der Waals surface area contributed by atoms with Gasteiger partial charge in [-0.3, -0.25) is 4.98 Å². The van der Waals surface area contributed by atoms with Gasteiger partial charge in [0.25, 0.3) is 0 Å². The molecule has 0 radical (unpaired) electrons. The quantitative estimate of drug-likeness (QED) is 0.735. The molecule has 1 unspecified atom stereocenters. The molecule has 0 aliphatic rings. The second-order valence-corrected chi connectivity index (χ2v) is 4.16. The molecule has 6 heteroatoms. The summed E-state index contributed by atoms with van der Waals surface area (Å²) < 4.78 is 10.4. The highest BCUT2D eigenvalue weighted by Crippen LogP contribution is 2.12. The van der Waals surface area contributed by atoms with Crippen LogP contribution in [0.4, 0.5) is 5.82 Å². The Kier molecular flexibility index (Phi) is 6.38. The Morgan fingerprint density at radius 3 is 2.89 bits per heavy atom. The van der Waals surface area contributed by atoms with Crippen LogP contribution in [0.25, 0.3) is 0 Å². The molecule has 6 nitrogen and oxygen atoms in total. The number of ether oxygens (including phenoxy) is 2. The van der Waals surface area contributed by atoms with Crippen molar-refractivity contribution in [3.63, 3.8) is 0 Å². The lowest BCUT2D eigenvalue weighted by atomic mass is 10.3.